The lowest BCUT2D eigenvalue weighted by atomic mass is 10.2. The van der Waals surface area contributed by atoms with E-state index in [0.29, 0.717) is 17.1 Å². The summed E-state index contributed by atoms with van der Waals surface area (Å²) in [5, 5.41) is 6.98. The molecule has 3 N–H and O–H groups in total. The minimum absolute atomic E-state index is 0.0903. The summed E-state index contributed by atoms with van der Waals surface area (Å²) < 4.78 is 44.2. The number of rotatable bonds is 8. The molecule has 0 aliphatic heterocycles. The Kier molecular flexibility index (Phi) is 7.05. The van der Waals surface area contributed by atoms with Crippen LogP contribution in [-0.2, 0) is 21.2 Å². The predicted octanol–water partition coefficient (Wildman–Crippen LogP) is 3.10. The Morgan fingerprint density at radius 3 is 2.59 bits per heavy atom. The van der Waals surface area contributed by atoms with Gasteiger partial charge in [0, 0.05) is 11.1 Å². The van der Waals surface area contributed by atoms with E-state index in [2.05, 4.69) is 20.3 Å². The molecule has 3 aromatic rings. The normalized spacial score (nSPS) is 11.0. The second-order valence-electron chi connectivity index (χ2n) is 6.59. The van der Waals surface area contributed by atoms with Crippen molar-refractivity contribution in [2.24, 2.45) is 0 Å². The average molecular weight is 479 g/mol. The Labute approximate surface area is 187 Å². The number of methoxy groups -OCH3 is 1. The van der Waals surface area contributed by atoms with Crippen LogP contribution in [0.25, 0.3) is 0 Å². The monoisotopic (exact) mass is 478 g/mol. The first-order valence-electron chi connectivity index (χ1n) is 9.10. The first kappa shape index (κ1) is 23.2. The van der Waals surface area contributed by atoms with Crippen molar-refractivity contribution in [2.45, 2.75) is 6.42 Å². The van der Waals surface area contributed by atoms with Crippen LogP contribution in [0, 0.1) is 5.82 Å². The molecule has 9 nitrogen and oxygen atoms in total. The Morgan fingerprint density at radius 2 is 1.91 bits per heavy atom. The first-order valence-corrected chi connectivity index (χ1v) is 11.9. The van der Waals surface area contributed by atoms with Crippen molar-refractivity contribution >= 4 is 49.7 Å². The summed E-state index contributed by atoms with van der Waals surface area (Å²) in [4.78, 5) is 28.7. The molecule has 2 aromatic carbocycles. The fraction of sp³-hybridized carbons (Fsp3) is 0.150. The van der Waals surface area contributed by atoms with E-state index in [0.717, 1.165) is 17.6 Å². The van der Waals surface area contributed by atoms with Crippen LogP contribution >= 0.6 is 11.3 Å². The van der Waals surface area contributed by atoms with E-state index in [1.165, 1.54) is 37.4 Å². The highest BCUT2D eigenvalue weighted by atomic mass is 32.2. The number of carbonyl (C=O) groups excluding carboxylic acids is 2. The maximum absolute atomic E-state index is 13.7. The van der Waals surface area contributed by atoms with Crippen LogP contribution in [0.2, 0.25) is 0 Å². The van der Waals surface area contributed by atoms with Crippen molar-refractivity contribution in [3.8, 4) is 5.75 Å². The molecule has 0 saturated heterocycles. The van der Waals surface area contributed by atoms with Crippen molar-refractivity contribution in [1.29, 1.82) is 0 Å². The second kappa shape index (κ2) is 9.75. The zero-order valence-corrected chi connectivity index (χ0v) is 18.6. The van der Waals surface area contributed by atoms with Crippen LogP contribution in [0.1, 0.15) is 16.1 Å². The van der Waals surface area contributed by atoms with E-state index >= 15 is 0 Å². The van der Waals surface area contributed by atoms with Gasteiger partial charge in [-0.15, -0.1) is 11.3 Å². The van der Waals surface area contributed by atoms with Crippen LogP contribution in [0.5, 0.6) is 5.75 Å². The largest absolute Gasteiger partial charge is 0.495 e. The van der Waals surface area contributed by atoms with Crippen LogP contribution in [-0.4, -0.2) is 38.6 Å². The van der Waals surface area contributed by atoms with Gasteiger partial charge in [-0.2, -0.15) is 0 Å². The highest BCUT2D eigenvalue weighted by Crippen LogP contribution is 2.28. The molecule has 0 atom stereocenters. The van der Waals surface area contributed by atoms with Gasteiger partial charge in [0.05, 0.1) is 36.7 Å². The number of thiazole rings is 1. The molecule has 0 aliphatic rings. The summed E-state index contributed by atoms with van der Waals surface area (Å²) in [6, 6.07) is 10.1. The van der Waals surface area contributed by atoms with E-state index in [-0.39, 0.29) is 22.8 Å². The average Bonchev–Trinajstić information content (AvgIpc) is 3.13. The molecule has 0 bridgehead atoms. The summed E-state index contributed by atoms with van der Waals surface area (Å²) in [7, 11) is -2.15. The molecule has 0 saturated carbocycles. The lowest BCUT2D eigenvalue weighted by Gasteiger charge is -2.12. The first-order chi connectivity index (χ1) is 15.1. The van der Waals surface area contributed by atoms with E-state index in [9.17, 15) is 22.4 Å². The predicted molar refractivity (Wildman–Crippen MR) is 120 cm³/mol. The summed E-state index contributed by atoms with van der Waals surface area (Å²) >= 11 is 1.10. The van der Waals surface area contributed by atoms with Crippen molar-refractivity contribution in [3.05, 3.63) is 64.9 Å². The summed E-state index contributed by atoms with van der Waals surface area (Å²) in [6.45, 7) is 0. The Balaban J connectivity index is 1.64. The minimum Gasteiger partial charge on any atom is -0.495 e. The molecule has 12 heteroatoms. The second-order valence-corrected chi connectivity index (χ2v) is 9.20. The molecule has 0 fully saturated rings. The fourth-order valence-electron chi connectivity index (χ4n) is 2.69. The molecule has 0 radical (unpaired) electrons. The third-order valence-electron chi connectivity index (χ3n) is 4.01. The number of nitrogens with zero attached hydrogens (tertiary/aromatic N) is 1. The molecule has 0 unspecified atom stereocenters. The van der Waals surface area contributed by atoms with Gasteiger partial charge >= 0.3 is 0 Å². The van der Waals surface area contributed by atoms with Crippen LogP contribution in [0.4, 0.5) is 20.9 Å². The summed E-state index contributed by atoms with van der Waals surface area (Å²) in [6.07, 6.45) is 0.912. The van der Waals surface area contributed by atoms with Crippen molar-refractivity contribution in [3.63, 3.8) is 0 Å². The van der Waals surface area contributed by atoms with Gasteiger partial charge in [0.25, 0.3) is 5.91 Å². The molecule has 0 spiro atoms. The number of ether oxygens (including phenoxy) is 1. The minimum atomic E-state index is -3.54. The van der Waals surface area contributed by atoms with E-state index in [4.69, 9.17) is 4.74 Å². The number of carbonyl (C=O) groups is 2. The Morgan fingerprint density at radius 1 is 1.16 bits per heavy atom. The zero-order valence-electron chi connectivity index (χ0n) is 17.0. The summed E-state index contributed by atoms with van der Waals surface area (Å²) in [5.41, 5.74) is 0.823. The highest BCUT2D eigenvalue weighted by Gasteiger charge is 2.15. The Bertz CT molecular complexity index is 1260. The maximum atomic E-state index is 13.7. The molecular weight excluding hydrogens is 459 g/mol. The smallest absolute Gasteiger partial charge is 0.260 e. The number of nitrogens with one attached hydrogen (secondary N) is 3. The maximum Gasteiger partial charge on any atom is 0.260 e. The van der Waals surface area contributed by atoms with Crippen LogP contribution in [0.15, 0.2) is 47.8 Å². The highest BCUT2D eigenvalue weighted by molar-refractivity contribution is 7.92. The zero-order chi connectivity index (χ0) is 23.3. The quantitative estimate of drug-likeness (QED) is 0.457. The lowest BCUT2D eigenvalue weighted by Crippen LogP contribution is -2.16. The topological polar surface area (TPSA) is 126 Å². The van der Waals surface area contributed by atoms with Gasteiger partial charge in [0.2, 0.25) is 15.9 Å². The van der Waals surface area contributed by atoms with Gasteiger partial charge in [-0.3, -0.25) is 19.6 Å². The number of amides is 2. The third-order valence-corrected chi connectivity index (χ3v) is 5.41. The molecule has 1 heterocycles. The number of hydrogen-bond acceptors (Lipinski definition) is 7. The summed E-state index contributed by atoms with van der Waals surface area (Å²) in [5.74, 6) is -1.40. The molecule has 3 rings (SSSR count). The SMILES string of the molecule is COc1ccc(NC(=O)Cc2csc(NC(=O)c3ccccc3F)n2)cc1NS(C)(=O)=O. The van der Waals surface area contributed by atoms with Crippen molar-refractivity contribution in [1.82, 2.24) is 4.98 Å². The number of anilines is 3. The van der Waals surface area contributed by atoms with E-state index < -0.39 is 27.7 Å². The molecule has 2 amide bonds. The molecule has 0 aliphatic carbocycles. The van der Waals surface area contributed by atoms with Gasteiger partial charge in [-0.05, 0) is 30.3 Å². The molecule has 168 valence electrons. The fourth-order valence-corrected chi connectivity index (χ4v) is 3.95. The number of hydrogen-bond donors (Lipinski definition) is 3. The van der Waals surface area contributed by atoms with Gasteiger partial charge in [-0.25, -0.2) is 17.8 Å². The van der Waals surface area contributed by atoms with Gasteiger partial charge < -0.3 is 10.1 Å². The van der Waals surface area contributed by atoms with Crippen LogP contribution < -0.4 is 20.1 Å². The van der Waals surface area contributed by atoms with Crippen molar-refractivity contribution in [2.75, 3.05) is 28.7 Å². The molecule has 32 heavy (non-hydrogen) atoms. The van der Waals surface area contributed by atoms with E-state index in [1.54, 1.807) is 17.5 Å². The molecule has 1 aromatic heterocycles. The van der Waals surface area contributed by atoms with Gasteiger partial charge in [0.1, 0.15) is 11.6 Å². The van der Waals surface area contributed by atoms with E-state index in [1.807, 2.05) is 0 Å². The number of sulfonamides is 1. The number of aromatic nitrogens is 1. The van der Waals surface area contributed by atoms with Crippen molar-refractivity contribution < 1.29 is 27.1 Å². The number of benzene rings is 2. The molecular formula is C20H19FN4O5S2. The lowest BCUT2D eigenvalue weighted by molar-refractivity contribution is -0.115. The standard InChI is InChI=1S/C20H19FN4O5S2/c1-30-17-8-7-12(9-16(17)25-32(2,28)29)22-18(26)10-13-11-31-20(23-13)24-19(27)14-5-3-4-6-15(14)21/h3-9,11,25H,10H2,1-2H3,(H,22,26)(H,23,24,27). The van der Waals surface area contributed by atoms with Crippen LogP contribution in [0.3, 0.4) is 0 Å². The van der Waals surface area contributed by atoms with Gasteiger partial charge in [0.15, 0.2) is 5.13 Å². The Hall–Kier alpha value is -3.51. The third kappa shape index (κ3) is 6.25. The van der Waals surface area contributed by atoms with Gasteiger partial charge in [-0.1, -0.05) is 12.1 Å². The number of halogens is 1.